The van der Waals surface area contributed by atoms with Crippen LogP contribution in [0.2, 0.25) is 0 Å². The first kappa shape index (κ1) is 14.3. The standard InChI is InChI=1S/C13H20N2O3/c1-3-4-10(16)7-15-9-5-8(2)12(14)11(6-9)13(17)18/h5-6,10,15-16H,3-4,7,14H2,1-2H3,(H,17,18). The van der Waals surface area contributed by atoms with Crippen molar-refractivity contribution >= 4 is 17.3 Å². The van der Waals surface area contributed by atoms with Gasteiger partial charge in [0.25, 0.3) is 0 Å². The molecule has 0 aliphatic heterocycles. The highest BCUT2D eigenvalue weighted by atomic mass is 16.4. The topological polar surface area (TPSA) is 95.6 Å². The Morgan fingerprint density at radius 3 is 2.72 bits per heavy atom. The summed E-state index contributed by atoms with van der Waals surface area (Å²) in [7, 11) is 0. The number of carboxylic acids is 1. The van der Waals surface area contributed by atoms with Crippen molar-refractivity contribution in [3.05, 3.63) is 23.3 Å². The van der Waals surface area contributed by atoms with E-state index >= 15 is 0 Å². The molecule has 5 heteroatoms. The van der Waals surface area contributed by atoms with Crippen LogP contribution in [-0.2, 0) is 0 Å². The lowest BCUT2D eigenvalue weighted by molar-refractivity contribution is 0.0698. The number of nitrogens with one attached hydrogen (secondary N) is 1. The van der Waals surface area contributed by atoms with E-state index in [-0.39, 0.29) is 11.3 Å². The molecule has 1 unspecified atom stereocenters. The van der Waals surface area contributed by atoms with Crippen molar-refractivity contribution in [3.8, 4) is 0 Å². The van der Waals surface area contributed by atoms with E-state index in [0.29, 0.717) is 24.2 Å². The van der Waals surface area contributed by atoms with Crippen LogP contribution < -0.4 is 11.1 Å². The fraction of sp³-hybridized carbons (Fsp3) is 0.462. The van der Waals surface area contributed by atoms with Gasteiger partial charge in [0.1, 0.15) is 0 Å². The number of aryl methyl sites for hydroxylation is 1. The first-order chi connectivity index (χ1) is 8.45. The van der Waals surface area contributed by atoms with Gasteiger partial charge in [-0.25, -0.2) is 4.79 Å². The molecule has 5 N–H and O–H groups in total. The van der Waals surface area contributed by atoms with Crippen LogP contribution >= 0.6 is 0 Å². The van der Waals surface area contributed by atoms with E-state index in [9.17, 15) is 9.90 Å². The molecule has 0 heterocycles. The number of nitrogens with two attached hydrogens (primary N) is 1. The van der Waals surface area contributed by atoms with E-state index in [1.165, 1.54) is 6.07 Å². The number of aliphatic hydroxyl groups excluding tert-OH is 1. The second-order valence-electron chi connectivity index (χ2n) is 4.38. The molecule has 18 heavy (non-hydrogen) atoms. The Morgan fingerprint density at radius 2 is 2.17 bits per heavy atom. The molecule has 1 atom stereocenters. The number of rotatable bonds is 6. The summed E-state index contributed by atoms with van der Waals surface area (Å²) in [5, 5.41) is 21.7. The molecule has 100 valence electrons. The van der Waals surface area contributed by atoms with Gasteiger partial charge in [-0.3, -0.25) is 0 Å². The van der Waals surface area contributed by atoms with Crippen LogP contribution in [0.15, 0.2) is 12.1 Å². The van der Waals surface area contributed by atoms with Crippen LogP contribution in [0.5, 0.6) is 0 Å². The minimum Gasteiger partial charge on any atom is -0.478 e. The highest BCUT2D eigenvalue weighted by molar-refractivity contribution is 5.95. The summed E-state index contributed by atoms with van der Waals surface area (Å²) in [6.45, 7) is 4.16. The number of nitrogen functional groups attached to an aromatic ring is 1. The number of carbonyl (C=O) groups is 1. The maximum absolute atomic E-state index is 11.0. The molecule has 1 aromatic rings. The zero-order valence-corrected chi connectivity index (χ0v) is 10.7. The molecule has 0 aromatic heterocycles. The molecule has 0 aliphatic carbocycles. The average Bonchev–Trinajstić information content (AvgIpc) is 2.30. The van der Waals surface area contributed by atoms with Crippen LogP contribution in [0, 0.1) is 6.92 Å². The molecule has 0 fully saturated rings. The van der Waals surface area contributed by atoms with E-state index in [2.05, 4.69) is 5.32 Å². The third-order valence-corrected chi connectivity index (χ3v) is 2.78. The third kappa shape index (κ3) is 3.63. The van der Waals surface area contributed by atoms with E-state index in [4.69, 9.17) is 10.8 Å². The molecule has 1 aromatic carbocycles. The van der Waals surface area contributed by atoms with Gasteiger partial charge in [0.2, 0.25) is 0 Å². The van der Waals surface area contributed by atoms with Crippen LogP contribution in [-0.4, -0.2) is 28.8 Å². The lowest BCUT2D eigenvalue weighted by Crippen LogP contribution is -2.19. The van der Waals surface area contributed by atoms with Crippen molar-refractivity contribution in [1.29, 1.82) is 0 Å². The molecule has 5 nitrogen and oxygen atoms in total. The highest BCUT2D eigenvalue weighted by Gasteiger charge is 2.12. The van der Waals surface area contributed by atoms with Gasteiger partial charge in [0.05, 0.1) is 11.7 Å². The van der Waals surface area contributed by atoms with E-state index in [1.807, 2.05) is 6.92 Å². The molecule has 0 radical (unpaired) electrons. The van der Waals surface area contributed by atoms with Crippen molar-refractivity contribution < 1.29 is 15.0 Å². The van der Waals surface area contributed by atoms with Crippen LogP contribution in [0.25, 0.3) is 0 Å². The molecule has 0 saturated heterocycles. The van der Waals surface area contributed by atoms with Gasteiger partial charge in [0, 0.05) is 17.9 Å². The predicted octanol–water partition coefficient (Wildman–Crippen LogP) is 1.85. The minimum atomic E-state index is -1.05. The maximum Gasteiger partial charge on any atom is 0.337 e. The van der Waals surface area contributed by atoms with E-state index in [1.54, 1.807) is 13.0 Å². The summed E-state index contributed by atoms with van der Waals surface area (Å²) in [5.41, 5.74) is 7.44. The van der Waals surface area contributed by atoms with Gasteiger partial charge in [-0.1, -0.05) is 13.3 Å². The number of hydrogen-bond donors (Lipinski definition) is 4. The lowest BCUT2D eigenvalue weighted by Gasteiger charge is -2.14. The number of aliphatic hydroxyl groups is 1. The monoisotopic (exact) mass is 252 g/mol. The van der Waals surface area contributed by atoms with Crippen molar-refractivity contribution in [2.24, 2.45) is 0 Å². The Balaban J connectivity index is 2.81. The van der Waals surface area contributed by atoms with Gasteiger partial charge < -0.3 is 21.3 Å². The second-order valence-corrected chi connectivity index (χ2v) is 4.38. The number of hydrogen-bond acceptors (Lipinski definition) is 4. The van der Waals surface area contributed by atoms with Crippen molar-refractivity contribution in [3.63, 3.8) is 0 Å². The first-order valence-corrected chi connectivity index (χ1v) is 6.01. The van der Waals surface area contributed by atoms with Crippen molar-refractivity contribution in [2.75, 3.05) is 17.6 Å². The summed E-state index contributed by atoms with van der Waals surface area (Å²) in [4.78, 5) is 11.0. The molecular formula is C13H20N2O3. The van der Waals surface area contributed by atoms with Gasteiger partial charge >= 0.3 is 5.97 Å². The smallest absolute Gasteiger partial charge is 0.337 e. The molecule has 0 amide bonds. The molecule has 0 bridgehead atoms. The Kier molecular flexibility index (Phi) is 4.97. The summed E-state index contributed by atoms with van der Waals surface area (Å²) in [5.74, 6) is -1.05. The van der Waals surface area contributed by atoms with Crippen molar-refractivity contribution in [1.82, 2.24) is 0 Å². The Hall–Kier alpha value is -1.75. The molecule has 1 rings (SSSR count). The summed E-state index contributed by atoms with van der Waals surface area (Å²) < 4.78 is 0. The zero-order chi connectivity index (χ0) is 13.7. The van der Waals surface area contributed by atoms with Crippen LogP contribution in [0.3, 0.4) is 0 Å². The average molecular weight is 252 g/mol. The molecule has 0 aliphatic rings. The number of aromatic carboxylic acids is 1. The molecule has 0 spiro atoms. The Bertz CT molecular complexity index is 432. The van der Waals surface area contributed by atoms with Gasteiger partial charge in [-0.2, -0.15) is 0 Å². The van der Waals surface area contributed by atoms with E-state index in [0.717, 1.165) is 6.42 Å². The predicted molar refractivity (Wildman–Crippen MR) is 72.0 cm³/mol. The van der Waals surface area contributed by atoms with Gasteiger partial charge in [0.15, 0.2) is 0 Å². The van der Waals surface area contributed by atoms with Crippen LogP contribution in [0.4, 0.5) is 11.4 Å². The summed E-state index contributed by atoms with van der Waals surface area (Å²) >= 11 is 0. The first-order valence-electron chi connectivity index (χ1n) is 6.01. The second kappa shape index (κ2) is 6.26. The quantitative estimate of drug-likeness (QED) is 0.579. The Morgan fingerprint density at radius 1 is 1.50 bits per heavy atom. The molecular weight excluding hydrogens is 232 g/mol. The lowest BCUT2D eigenvalue weighted by atomic mass is 10.1. The molecule has 0 saturated carbocycles. The normalized spacial score (nSPS) is 12.2. The minimum absolute atomic E-state index is 0.0856. The summed E-state index contributed by atoms with van der Waals surface area (Å²) in [6.07, 6.45) is 1.19. The summed E-state index contributed by atoms with van der Waals surface area (Å²) in [6, 6.07) is 3.27. The zero-order valence-electron chi connectivity index (χ0n) is 10.7. The van der Waals surface area contributed by atoms with Crippen LogP contribution in [0.1, 0.15) is 35.7 Å². The Labute approximate surface area is 107 Å². The van der Waals surface area contributed by atoms with Crippen molar-refractivity contribution in [2.45, 2.75) is 32.8 Å². The number of benzene rings is 1. The number of carboxylic acid groups (broad SMARTS) is 1. The fourth-order valence-corrected chi connectivity index (χ4v) is 1.75. The highest BCUT2D eigenvalue weighted by Crippen LogP contribution is 2.22. The maximum atomic E-state index is 11.0. The van der Waals surface area contributed by atoms with Gasteiger partial charge in [-0.15, -0.1) is 0 Å². The fourth-order valence-electron chi connectivity index (χ4n) is 1.75. The third-order valence-electron chi connectivity index (χ3n) is 2.78. The number of anilines is 2. The van der Waals surface area contributed by atoms with E-state index < -0.39 is 12.1 Å². The van der Waals surface area contributed by atoms with Gasteiger partial charge in [-0.05, 0) is 31.0 Å². The largest absolute Gasteiger partial charge is 0.478 e. The SMILES string of the molecule is CCCC(O)CNc1cc(C)c(N)c(C(=O)O)c1.